The van der Waals surface area contributed by atoms with Gasteiger partial charge in [0.25, 0.3) is 0 Å². The molecule has 0 aliphatic heterocycles. The molecule has 0 aromatic rings. The van der Waals surface area contributed by atoms with E-state index in [1.807, 2.05) is 33.8 Å². The van der Waals surface area contributed by atoms with Crippen LogP contribution in [0.2, 0.25) is 0 Å². The fourth-order valence-electron chi connectivity index (χ4n) is 0.998. The lowest BCUT2D eigenvalue weighted by molar-refractivity contribution is -0.134. The summed E-state index contributed by atoms with van der Waals surface area (Å²) in [5, 5.41) is 8.52. The van der Waals surface area contributed by atoms with Crippen molar-refractivity contribution in [2.75, 3.05) is 13.1 Å². The molecule has 0 fully saturated rings. The second-order valence-corrected chi connectivity index (χ2v) is 4.35. The molecule has 0 aliphatic carbocycles. The molecule has 0 aromatic heterocycles. The molecule has 80 valence electrons. The number of nitrogens with two attached hydrogens (primary N) is 1. The van der Waals surface area contributed by atoms with Crippen LogP contribution in [0.25, 0.3) is 0 Å². The molecule has 1 unspecified atom stereocenters. The molecule has 1 atom stereocenters. The SMILES string of the molecule is CCN(CC#N)C(=O)C(N)C(C)(C)C. The largest absolute Gasteiger partial charge is 0.328 e. The molecule has 0 heterocycles. The summed E-state index contributed by atoms with van der Waals surface area (Å²) >= 11 is 0. The second kappa shape index (κ2) is 4.97. The van der Waals surface area contributed by atoms with E-state index in [0.717, 1.165) is 0 Å². The van der Waals surface area contributed by atoms with Gasteiger partial charge in [0.15, 0.2) is 0 Å². The summed E-state index contributed by atoms with van der Waals surface area (Å²) in [4.78, 5) is 13.2. The minimum atomic E-state index is -0.546. The van der Waals surface area contributed by atoms with Crippen molar-refractivity contribution in [2.24, 2.45) is 11.1 Å². The molecule has 0 spiro atoms. The summed E-state index contributed by atoms with van der Waals surface area (Å²) < 4.78 is 0. The first-order valence-electron chi connectivity index (χ1n) is 4.76. The molecule has 14 heavy (non-hydrogen) atoms. The van der Waals surface area contributed by atoms with Crippen LogP contribution < -0.4 is 5.73 Å². The van der Waals surface area contributed by atoms with Gasteiger partial charge in [0.2, 0.25) is 5.91 Å². The predicted molar refractivity (Wildman–Crippen MR) is 55.3 cm³/mol. The third-order valence-corrected chi connectivity index (χ3v) is 2.15. The maximum Gasteiger partial charge on any atom is 0.240 e. The number of nitriles is 1. The van der Waals surface area contributed by atoms with Crippen molar-refractivity contribution in [3.05, 3.63) is 0 Å². The first-order chi connectivity index (χ1) is 6.34. The normalized spacial score (nSPS) is 13.1. The first kappa shape index (κ1) is 12.9. The van der Waals surface area contributed by atoms with Crippen LogP contribution in [0.4, 0.5) is 0 Å². The Morgan fingerprint density at radius 1 is 1.57 bits per heavy atom. The van der Waals surface area contributed by atoms with Crippen molar-refractivity contribution >= 4 is 5.91 Å². The van der Waals surface area contributed by atoms with Gasteiger partial charge in [0, 0.05) is 6.54 Å². The number of likely N-dealkylation sites (N-methyl/N-ethyl adjacent to an activating group) is 1. The van der Waals surface area contributed by atoms with Crippen LogP contribution in [0.15, 0.2) is 0 Å². The van der Waals surface area contributed by atoms with Gasteiger partial charge in [-0.2, -0.15) is 5.26 Å². The van der Waals surface area contributed by atoms with Crippen molar-refractivity contribution in [1.82, 2.24) is 4.90 Å². The molecule has 0 radical (unpaired) electrons. The summed E-state index contributed by atoms with van der Waals surface area (Å²) in [6, 6.07) is 1.41. The Labute approximate surface area is 85.7 Å². The van der Waals surface area contributed by atoms with E-state index in [2.05, 4.69) is 0 Å². The van der Waals surface area contributed by atoms with Gasteiger partial charge in [-0.15, -0.1) is 0 Å². The lowest BCUT2D eigenvalue weighted by Gasteiger charge is -2.30. The van der Waals surface area contributed by atoms with E-state index >= 15 is 0 Å². The molecular formula is C10H19N3O. The number of amides is 1. The van der Waals surface area contributed by atoms with Gasteiger partial charge in [0.05, 0.1) is 12.1 Å². The van der Waals surface area contributed by atoms with Crippen LogP contribution in [0.1, 0.15) is 27.7 Å². The fraction of sp³-hybridized carbons (Fsp3) is 0.800. The lowest BCUT2D eigenvalue weighted by atomic mass is 9.86. The summed E-state index contributed by atoms with van der Waals surface area (Å²) in [6.07, 6.45) is 0. The third kappa shape index (κ3) is 3.35. The van der Waals surface area contributed by atoms with Gasteiger partial charge in [-0.1, -0.05) is 20.8 Å². The van der Waals surface area contributed by atoms with Crippen LogP contribution in [-0.4, -0.2) is 29.9 Å². The number of carbonyl (C=O) groups is 1. The molecule has 0 saturated carbocycles. The minimum Gasteiger partial charge on any atom is -0.328 e. The monoisotopic (exact) mass is 197 g/mol. The van der Waals surface area contributed by atoms with Gasteiger partial charge < -0.3 is 10.6 Å². The van der Waals surface area contributed by atoms with E-state index in [4.69, 9.17) is 11.0 Å². The second-order valence-electron chi connectivity index (χ2n) is 4.35. The maximum atomic E-state index is 11.8. The Hall–Kier alpha value is -1.08. The zero-order valence-electron chi connectivity index (χ0n) is 9.37. The Bertz CT molecular complexity index is 237. The smallest absolute Gasteiger partial charge is 0.240 e. The zero-order chi connectivity index (χ0) is 11.4. The van der Waals surface area contributed by atoms with Gasteiger partial charge in [-0.05, 0) is 12.3 Å². The molecule has 4 nitrogen and oxygen atoms in total. The number of hydrogen-bond donors (Lipinski definition) is 1. The average molecular weight is 197 g/mol. The molecular weight excluding hydrogens is 178 g/mol. The summed E-state index contributed by atoms with van der Waals surface area (Å²) in [7, 11) is 0. The molecule has 0 saturated heterocycles. The van der Waals surface area contributed by atoms with Crippen LogP contribution >= 0.6 is 0 Å². The quantitative estimate of drug-likeness (QED) is 0.678. The Morgan fingerprint density at radius 3 is 2.36 bits per heavy atom. The van der Waals surface area contributed by atoms with E-state index in [-0.39, 0.29) is 17.9 Å². The van der Waals surface area contributed by atoms with Gasteiger partial charge in [-0.25, -0.2) is 0 Å². The highest BCUT2D eigenvalue weighted by molar-refractivity contribution is 5.82. The fourth-order valence-corrected chi connectivity index (χ4v) is 0.998. The van der Waals surface area contributed by atoms with E-state index in [9.17, 15) is 4.79 Å². The lowest BCUT2D eigenvalue weighted by Crippen LogP contribution is -2.50. The van der Waals surface area contributed by atoms with Crippen molar-refractivity contribution in [2.45, 2.75) is 33.7 Å². The van der Waals surface area contributed by atoms with Gasteiger partial charge in [0.1, 0.15) is 6.54 Å². The Balaban J connectivity index is 4.52. The standard InChI is InChI=1S/C10H19N3O/c1-5-13(7-6-11)9(14)8(12)10(2,3)4/h8H,5,7,12H2,1-4H3. The van der Waals surface area contributed by atoms with Crippen molar-refractivity contribution < 1.29 is 4.79 Å². The minimum absolute atomic E-state index is 0.110. The molecule has 2 N–H and O–H groups in total. The number of nitrogens with zero attached hydrogens (tertiary/aromatic N) is 2. The number of hydrogen-bond acceptors (Lipinski definition) is 3. The molecule has 0 aliphatic rings. The Morgan fingerprint density at radius 2 is 2.07 bits per heavy atom. The molecule has 0 aromatic carbocycles. The number of rotatable bonds is 3. The molecule has 4 heteroatoms. The first-order valence-corrected chi connectivity index (χ1v) is 4.76. The topological polar surface area (TPSA) is 70.1 Å². The van der Waals surface area contributed by atoms with Crippen LogP contribution in [0.5, 0.6) is 0 Å². The average Bonchev–Trinajstić information content (AvgIpc) is 2.10. The van der Waals surface area contributed by atoms with E-state index in [0.29, 0.717) is 6.54 Å². The van der Waals surface area contributed by atoms with Crippen molar-refractivity contribution in [3.8, 4) is 6.07 Å². The van der Waals surface area contributed by atoms with Crippen LogP contribution in [-0.2, 0) is 4.79 Å². The molecule has 0 rings (SSSR count). The zero-order valence-corrected chi connectivity index (χ0v) is 9.37. The third-order valence-electron chi connectivity index (χ3n) is 2.15. The van der Waals surface area contributed by atoms with Crippen LogP contribution in [0, 0.1) is 16.7 Å². The summed E-state index contributed by atoms with van der Waals surface area (Å²) in [6.45, 7) is 8.21. The van der Waals surface area contributed by atoms with Gasteiger partial charge in [-0.3, -0.25) is 4.79 Å². The molecule has 1 amide bonds. The highest BCUT2D eigenvalue weighted by Crippen LogP contribution is 2.18. The van der Waals surface area contributed by atoms with E-state index in [1.54, 1.807) is 0 Å². The van der Waals surface area contributed by atoms with Crippen LogP contribution in [0.3, 0.4) is 0 Å². The predicted octanol–water partition coefficient (Wildman–Crippen LogP) is 0.732. The summed E-state index contributed by atoms with van der Waals surface area (Å²) in [5.41, 5.74) is 5.54. The highest BCUT2D eigenvalue weighted by Gasteiger charge is 2.30. The Kier molecular flexibility index (Phi) is 4.58. The summed E-state index contributed by atoms with van der Waals surface area (Å²) in [5.74, 6) is -0.151. The number of carbonyl (C=O) groups excluding carboxylic acids is 1. The van der Waals surface area contributed by atoms with Crippen molar-refractivity contribution in [3.63, 3.8) is 0 Å². The van der Waals surface area contributed by atoms with Crippen molar-refractivity contribution in [1.29, 1.82) is 5.26 Å². The highest BCUT2D eigenvalue weighted by atomic mass is 16.2. The van der Waals surface area contributed by atoms with Gasteiger partial charge >= 0.3 is 0 Å². The van der Waals surface area contributed by atoms with E-state index in [1.165, 1.54) is 4.90 Å². The van der Waals surface area contributed by atoms with E-state index < -0.39 is 6.04 Å². The maximum absolute atomic E-state index is 11.8. The molecule has 0 bridgehead atoms.